The zero-order chi connectivity index (χ0) is 15.0. The van der Waals surface area contributed by atoms with Crippen LogP contribution >= 0.6 is 0 Å². The van der Waals surface area contributed by atoms with Crippen LogP contribution in [0.3, 0.4) is 0 Å². The second-order valence-corrected chi connectivity index (χ2v) is 5.04. The van der Waals surface area contributed by atoms with Crippen molar-refractivity contribution in [2.75, 3.05) is 0 Å². The van der Waals surface area contributed by atoms with Crippen molar-refractivity contribution in [1.82, 2.24) is 4.57 Å². The van der Waals surface area contributed by atoms with E-state index in [1.165, 1.54) is 12.1 Å². The molecule has 0 aliphatic carbocycles. The first-order valence-electron chi connectivity index (χ1n) is 6.53. The first-order chi connectivity index (χ1) is 10.0. The Morgan fingerprint density at radius 3 is 2.76 bits per heavy atom. The highest BCUT2D eigenvalue weighted by Crippen LogP contribution is 2.24. The standard InChI is InChI=1S/C16H13FN2O2/c1-11-2-4-15-12(8-11)6-7-18(15)10-13-9-14(17)3-5-16(13)19(20)21/h2-9H,10H2,1H3. The molecule has 0 radical (unpaired) electrons. The molecule has 0 bridgehead atoms. The van der Waals surface area contributed by atoms with Crippen LogP contribution in [-0.4, -0.2) is 9.49 Å². The van der Waals surface area contributed by atoms with E-state index in [1.807, 2.05) is 42.0 Å². The molecule has 0 amide bonds. The first kappa shape index (κ1) is 13.3. The van der Waals surface area contributed by atoms with E-state index in [1.54, 1.807) is 0 Å². The smallest absolute Gasteiger partial charge is 0.274 e. The molecule has 0 spiro atoms. The van der Waals surface area contributed by atoms with Crippen LogP contribution in [0.1, 0.15) is 11.1 Å². The van der Waals surface area contributed by atoms with Crippen LogP contribution in [-0.2, 0) is 6.54 Å². The molecular formula is C16H13FN2O2. The van der Waals surface area contributed by atoms with E-state index >= 15 is 0 Å². The Kier molecular flexibility index (Phi) is 3.17. The van der Waals surface area contributed by atoms with Gasteiger partial charge in [-0.05, 0) is 42.6 Å². The van der Waals surface area contributed by atoms with Crippen LogP contribution in [0.15, 0.2) is 48.7 Å². The molecule has 1 aromatic heterocycles. The fourth-order valence-electron chi connectivity index (χ4n) is 2.50. The van der Waals surface area contributed by atoms with Crippen molar-refractivity contribution in [2.45, 2.75) is 13.5 Å². The van der Waals surface area contributed by atoms with Gasteiger partial charge in [0, 0.05) is 17.8 Å². The maximum absolute atomic E-state index is 13.4. The highest BCUT2D eigenvalue weighted by atomic mass is 19.1. The molecule has 0 fully saturated rings. The first-order valence-corrected chi connectivity index (χ1v) is 6.53. The minimum Gasteiger partial charge on any atom is -0.343 e. The summed E-state index contributed by atoms with van der Waals surface area (Å²) in [5.41, 5.74) is 2.42. The van der Waals surface area contributed by atoms with E-state index < -0.39 is 10.7 Å². The Hall–Kier alpha value is -2.69. The number of aromatic nitrogens is 1. The number of aryl methyl sites for hydroxylation is 1. The van der Waals surface area contributed by atoms with Gasteiger partial charge in [-0.25, -0.2) is 4.39 Å². The lowest BCUT2D eigenvalue weighted by molar-refractivity contribution is -0.385. The van der Waals surface area contributed by atoms with Gasteiger partial charge in [-0.1, -0.05) is 11.6 Å². The molecule has 2 aromatic carbocycles. The van der Waals surface area contributed by atoms with Gasteiger partial charge in [0.1, 0.15) is 5.82 Å². The highest BCUT2D eigenvalue weighted by Gasteiger charge is 2.15. The lowest BCUT2D eigenvalue weighted by Crippen LogP contribution is -2.02. The Bertz CT molecular complexity index is 839. The molecule has 4 nitrogen and oxygen atoms in total. The molecule has 21 heavy (non-hydrogen) atoms. The third-order valence-corrected chi connectivity index (χ3v) is 3.51. The van der Waals surface area contributed by atoms with Crippen molar-refractivity contribution >= 4 is 16.6 Å². The van der Waals surface area contributed by atoms with Crippen LogP contribution < -0.4 is 0 Å². The molecule has 106 valence electrons. The summed E-state index contributed by atoms with van der Waals surface area (Å²) in [6.07, 6.45) is 1.86. The van der Waals surface area contributed by atoms with Crippen LogP contribution in [0.5, 0.6) is 0 Å². The molecular weight excluding hydrogens is 271 g/mol. The molecule has 3 aromatic rings. The summed E-state index contributed by atoms with van der Waals surface area (Å²) < 4.78 is 15.3. The fourth-order valence-corrected chi connectivity index (χ4v) is 2.50. The number of hydrogen-bond donors (Lipinski definition) is 0. The largest absolute Gasteiger partial charge is 0.343 e. The zero-order valence-corrected chi connectivity index (χ0v) is 11.4. The number of hydrogen-bond acceptors (Lipinski definition) is 2. The summed E-state index contributed by atoms with van der Waals surface area (Å²) in [7, 11) is 0. The van der Waals surface area contributed by atoms with Crippen molar-refractivity contribution in [2.24, 2.45) is 0 Å². The number of benzene rings is 2. The summed E-state index contributed by atoms with van der Waals surface area (Å²) in [4.78, 5) is 10.6. The van der Waals surface area contributed by atoms with Gasteiger partial charge in [-0.2, -0.15) is 0 Å². The van der Waals surface area contributed by atoms with Crippen LogP contribution in [0.4, 0.5) is 10.1 Å². The molecule has 0 unspecified atom stereocenters. The molecule has 0 atom stereocenters. The van der Waals surface area contributed by atoms with E-state index in [4.69, 9.17) is 0 Å². The normalized spacial score (nSPS) is 11.0. The lowest BCUT2D eigenvalue weighted by Gasteiger charge is -2.07. The van der Waals surface area contributed by atoms with Crippen LogP contribution in [0.25, 0.3) is 10.9 Å². The molecule has 0 saturated heterocycles. The predicted molar refractivity (Wildman–Crippen MR) is 78.8 cm³/mol. The van der Waals surface area contributed by atoms with E-state index in [0.29, 0.717) is 5.56 Å². The van der Waals surface area contributed by atoms with Gasteiger partial charge in [0.05, 0.1) is 17.0 Å². The summed E-state index contributed by atoms with van der Waals surface area (Å²) in [6, 6.07) is 11.5. The number of nitro benzene ring substituents is 1. The number of fused-ring (bicyclic) bond motifs is 1. The monoisotopic (exact) mass is 284 g/mol. The average Bonchev–Trinajstić information content (AvgIpc) is 2.81. The SMILES string of the molecule is Cc1ccc2c(ccn2Cc2cc(F)ccc2[N+](=O)[O-])c1. The Morgan fingerprint density at radius 1 is 1.19 bits per heavy atom. The minimum absolute atomic E-state index is 0.0645. The van der Waals surface area contributed by atoms with E-state index in [9.17, 15) is 14.5 Å². The molecule has 0 aliphatic rings. The maximum Gasteiger partial charge on any atom is 0.274 e. The quantitative estimate of drug-likeness (QED) is 0.538. The summed E-state index contributed by atoms with van der Waals surface area (Å²) in [6.45, 7) is 2.27. The minimum atomic E-state index is -0.482. The maximum atomic E-state index is 13.4. The van der Waals surface area contributed by atoms with Gasteiger partial charge in [0.15, 0.2) is 0 Å². The van der Waals surface area contributed by atoms with Gasteiger partial charge in [-0.3, -0.25) is 10.1 Å². The Morgan fingerprint density at radius 2 is 2.00 bits per heavy atom. The van der Waals surface area contributed by atoms with E-state index in [2.05, 4.69) is 0 Å². The zero-order valence-electron chi connectivity index (χ0n) is 11.4. The number of rotatable bonds is 3. The van der Waals surface area contributed by atoms with Crippen molar-refractivity contribution in [1.29, 1.82) is 0 Å². The van der Waals surface area contributed by atoms with Crippen molar-refractivity contribution < 1.29 is 9.31 Å². The summed E-state index contributed by atoms with van der Waals surface area (Å²) in [5, 5.41) is 12.1. The number of halogens is 1. The molecule has 3 rings (SSSR count). The molecule has 0 saturated carbocycles. The summed E-state index contributed by atoms with van der Waals surface area (Å²) in [5.74, 6) is -0.470. The molecule has 1 heterocycles. The third-order valence-electron chi connectivity index (χ3n) is 3.51. The van der Waals surface area contributed by atoms with Crippen molar-refractivity contribution in [3.63, 3.8) is 0 Å². The molecule has 0 aliphatic heterocycles. The van der Waals surface area contributed by atoms with E-state index in [-0.39, 0.29) is 12.2 Å². The third kappa shape index (κ3) is 2.50. The number of nitrogens with zero attached hydrogens (tertiary/aromatic N) is 2. The molecule has 0 N–H and O–H groups in total. The second kappa shape index (κ2) is 5.01. The molecule has 5 heteroatoms. The predicted octanol–water partition coefficient (Wildman–Crippen LogP) is 4.05. The lowest BCUT2D eigenvalue weighted by atomic mass is 10.1. The topological polar surface area (TPSA) is 48.1 Å². The van der Waals surface area contributed by atoms with E-state index in [0.717, 1.165) is 22.5 Å². The van der Waals surface area contributed by atoms with Crippen LogP contribution in [0.2, 0.25) is 0 Å². The Balaban J connectivity index is 2.06. The van der Waals surface area contributed by atoms with Gasteiger partial charge in [0.2, 0.25) is 0 Å². The second-order valence-electron chi connectivity index (χ2n) is 5.04. The van der Waals surface area contributed by atoms with Gasteiger partial charge >= 0.3 is 0 Å². The summed E-state index contributed by atoms with van der Waals surface area (Å²) >= 11 is 0. The van der Waals surface area contributed by atoms with Crippen molar-refractivity contribution in [3.05, 3.63) is 75.7 Å². The van der Waals surface area contributed by atoms with Crippen molar-refractivity contribution in [3.8, 4) is 0 Å². The van der Waals surface area contributed by atoms with Crippen LogP contribution in [0, 0.1) is 22.9 Å². The van der Waals surface area contributed by atoms with Gasteiger partial charge in [-0.15, -0.1) is 0 Å². The highest BCUT2D eigenvalue weighted by molar-refractivity contribution is 5.81. The number of nitro groups is 1. The van der Waals surface area contributed by atoms with Gasteiger partial charge in [0.25, 0.3) is 5.69 Å². The average molecular weight is 284 g/mol. The Labute approximate surface area is 120 Å². The fraction of sp³-hybridized carbons (Fsp3) is 0.125. The van der Waals surface area contributed by atoms with Gasteiger partial charge < -0.3 is 4.57 Å².